The summed E-state index contributed by atoms with van der Waals surface area (Å²) in [6, 6.07) is 18.5. The van der Waals surface area contributed by atoms with E-state index in [1.807, 2.05) is 36.4 Å². The fraction of sp³-hybridized carbons (Fsp3) is 0.0952. The molecule has 1 aromatic heterocycles. The molecule has 0 saturated heterocycles. The highest BCUT2D eigenvalue weighted by Crippen LogP contribution is 2.28. The minimum absolute atomic E-state index is 0.212. The van der Waals surface area contributed by atoms with Crippen molar-refractivity contribution in [2.45, 2.75) is 6.92 Å². The molecule has 0 aliphatic heterocycles. The summed E-state index contributed by atoms with van der Waals surface area (Å²) in [5.74, 6) is -0.578. The number of esters is 1. The molecule has 0 fully saturated rings. The van der Waals surface area contributed by atoms with Gasteiger partial charge in [0, 0.05) is 5.56 Å². The number of anilines is 1. The van der Waals surface area contributed by atoms with Crippen LogP contribution in [0.1, 0.15) is 27.6 Å². The van der Waals surface area contributed by atoms with E-state index >= 15 is 0 Å². The Hall–Kier alpha value is -3.25. The summed E-state index contributed by atoms with van der Waals surface area (Å²) in [6.07, 6.45) is 0. The summed E-state index contributed by atoms with van der Waals surface area (Å²) in [4.78, 5) is 29.1. The van der Waals surface area contributed by atoms with Crippen LogP contribution in [0.25, 0.3) is 21.0 Å². The topological polar surface area (TPSA) is 68.3 Å². The van der Waals surface area contributed by atoms with Crippen molar-refractivity contribution in [3.63, 3.8) is 0 Å². The van der Waals surface area contributed by atoms with Crippen molar-refractivity contribution < 1.29 is 14.3 Å². The number of aromatic nitrogens is 1. The van der Waals surface area contributed by atoms with Crippen LogP contribution in [0, 0.1) is 0 Å². The Morgan fingerprint density at radius 2 is 1.89 bits per heavy atom. The maximum atomic E-state index is 12.7. The van der Waals surface area contributed by atoms with Gasteiger partial charge in [-0.25, -0.2) is 9.78 Å². The number of benzene rings is 3. The Bertz CT molecular complexity index is 1160. The molecule has 0 bridgehead atoms. The van der Waals surface area contributed by atoms with Gasteiger partial charge in [-0.1, -0.05) is 47.7 Å². The number of nitrogens with one attached hydrogen (secondary N) is 1. The first-order valence-electron chi connectivity index (χ1n) is 8.52. The van der Waals surface area contributed by atoms with Gasteiger partial charge in [0.05, 0.1) is 22.4 Å². The molecule has 3 aromatic carbocycles. The van der Waals surface area contributed by atoms with Crippen molar-refractivity contribution in [2.24, 2.45) is 0 Å². The van der Waals surface area contributed by atoms with Crippen molar-refractivity contribution in [1.29, 1.82) is 0 Å². The van der Waals surface area contributed by atoms with Crippen molar-refractivity contribution in [2.75, 3.05) is 11.9 Å². The fourth-order valence-electron chi connectivity index (χ4n) is 2.91. The van der Waals surface area contributed by atoms with Gasteiger partial charge < -0.3 is 4.74 Å². The molecule has 1 amide bonds. The third-order valence-electron chi connectivity index (χ3n) is 4.15. The first-order valence-corrected chi connectivity index (χ1v) is 9.34. The predicted octanol–water partition coefficient (Wildman–Crippen LogP) is 4.88. The molecular weight excluding hydrogens is 360 g/mol. The number of nitrogens with zero attached hydrogens (tertiary/aromatic N) is 1. The van der Waals surface area contributed by atoms with Crippen molar-refractivity contribution in [3.05, 3.63) is 71.8 Å². The molecule has 4 rings (SSSR count). The van der Waals surface area contributed by atoms with E-state index in [0.717, 1.165) is 21.0 Å². The van der Waals surface area contributed by atoms with Crippen LogP contribution in [0.4, 0.5) is 5.13 Å². The van der Waals surface area contributed by atoms with E-state index in [1.165, 1.54) is 11.3 Å². The van der Waals surface area contributed by atoms with Crippen LogP contribution in [0.5, 0.6) is 0 Å². The van der Waals surface area contributed by atoms with E-state index < -0.39 is 0 Å². The van der Waals surface area contributed by atoms with Crippen LogP contribution in [-0.2, 0) is 4.74 Å². The van der Waals surface area contributed by atoms with Crippen LogP contribution < -0.4 is 5.32 Å². The predicted molar refractivity (Wildman–Crippen MR) is 107 cm³/mol. The second-order valence-corrected chi connectivity index (χ2v) is 6.93. The smallest absolute Gasteiger partial charge is 0.338 e. The van der Waals surface area contributed by atoms with Gasteiger partial charge in [-0.15, -0.1) is 0 Å². The summed E-state index contributed by atoms with van der Waals surface area (Å²) in [5, 5.41) is 5.26. The van der Waals surface area contributed by atoms with E-state index in [-0.39, 0.29) is 11.9 Å². The van der Waals surface area contributed by atoms with E-state index in [0.29, 0.717) is 22.9 Å². The SMILES string of the molecule is CCOC(=O)c1ccc2nc(NC(=O)c3cccc4ccccc34)sc2c1. The largest absolute Gasteiger partial charge is 0.462 e. The highest BCUT2D eigenvalue weighted by atomic mass is 32.1. The van der Waals surface area contributed by atoms with Crippen LogP contribution in [0.2, 0.25) is 0 Å². The third kappa shape index (κ3) is 3.39. The average Bonchev–Trinajstić information content (AvgIpc) is 3.09. The zero-order valence-electron chi connectivity index (χ0n) is 14.6. The Kier molecular flexibility index (Phi) is 4.56. The van der Waals surface area contributed by atoms with Gasteiger partial charge in [0.15, 0.2) is 5.13 Å². The molecule has 0 unspecified atom stereocenters. The Labute approximate surface area is 159 Å². The lowest BCUT2D eigenvalue weighted by atomic mass is 10.0. The van der Waals surface area contributed by atoms with Gasteiger partial charge in [0.2, 0.25) is 0 Å². The second kappa shape index (κ2) is 7.17. The molecule has 1 N–H and O–H groups in total. The lowest BCUT2D eigenvalue weighted by Gasteiger charge is -2.05. The molecule has 1 heterocycles. The molecule has 27 heavy (non-hydrogen) atoms. The Balaban J connectivity index is 1.63. The number of carbonyl (C=O) groups excluding carboxylic acids is 2. The maximum absolute atomic E-state index is 12.7. The summed E-state index contributed by atoms with van der Waals surface area (Å²) < 4.78 is 5.84. The average molecular weight is 376 g/mol. The highest BCUT2D eigenvalue weighted by Gasteiger charge is 2.14. The third-order valence-corrected chi connectivity index (χ3v) is 5.09. The zero-order chi connectivity index (χ0) is 18.8. The standard InChI is InChI=1S/C21H16N2O3S/c1-2-26-20(25)14-10-11-17-18(12-14)27-21(22-17)23-19(24)16-9-5-7-13-6-3-4-8-15(13)16/h3-12H,2H2,1H3,(H,22,23,24). The van der Waals surface area contributed by atoms with E-state index in [1.54, 1.807) is 31.2 Å². The van der Waals surface area contributed by atoms with E-state index in [9.17, 15) is 9.59 Å². The quantitative estimate of drug-likeness (QED) is 0.516. The summed E-state index contributed by atoms with van der Waals surface area (Å²) in [6.45, 7) is 2.09. The van der Waals surface area contributed by atoms with Gasteiger partial charge in [-0.2, -0.15) is 0 Å². The van der Waals surface area contributed by atoms with Gasteiger partial charge >= 0.3 is 5.97 Å². The van der Waals surface area contributed by atoms with Crippen molar-refractivity contribution >= 4 is 49.3 Å². The number of thiazole rings is 1. The first-order chi connectivity index (χ1) is 13.2. The van der Waals surface area contributed by atoms with E-state index in [4.69, 9.17) is 4.74 Å². The number of hydrogen-bond donors (Lipinski definition) is 1. The minimum atomic E-state index is -0.367. The normalized spacial score (nSPS) is 10.9. The molecule has 0 saturated carbocycles. The van der Waals surface area contributed by atoms with Gasteiger partial charge in [0.1, 0.15) is 0 Å². The molecular formula is C21H16N2O3S. The molecule has 4 aromatic rings. The molecule has 5 nitrogen and oxygen atoms in total. The Morgan fingerprint density at radius 1 is 1.07 bits per heavy atom. The number of rotatable bonds is 4. The molecule has 0 spiro atoms. The molecule has 0 radical (unpaired) electrons. The molecule has 6 heteroatoms. The lowest BCUT2D eigenvalue weighted by molar-refractivity contribution is 0.0526. The molecule has 0 atom stereocenters. The number of hydrogen-bond acceptors (Lipinski definition) is 5. The number of carbonyl (C=O) groups is 2. The number of fused-ring (bicyclic) bond motifs is 2. The van der Waals surface area contributed by atoms with Crippen molar-refractivity contribution in [3.8, 4) is 0 Å². The summed E-state index contributed by atoms with van der Waals surface area (Å²) in [5.41, 5.74) is 1.79. The lowest BCUT2D eigenvalue weighted by Crippen LogP contribution is -2.12. The van der Waals surface area contributed by atoms with Gasteiger partial charge in [0.25, 0.3) is 5.91 Å². The number of amides is 1. The van der Waals surface area contributed by atoms with Gasteiger partial charge in [-0.3, -0.25) is 10.1 Å². The minimum Gasteiger partial charge on any atom is -0.462 e. The van der Waals surface area contributed by atoms with E-state index in [2.05, 4.69) is 10.3 Å². The Morgan fingerprint density at radius 3 is 2.74 bits per heavy atom. The highest BCUT2D eigenvalue weighted by molar-refractivity contribution is 7.22. The number of ether oxygens (including phenoxy) is 1. The summed E-state index contributed by atoms with van der Waals surface area (Å²) in [7, 11) is 0. The monoisotopic (exact) mass is 376 g/mol. The molecule has 134 valence electrons. The summed E-state index contributed by atoms with van der Waals surface area (Å²) >= 11 is 1.32. The first kappa shape index (κ1) is 17.2. The second-order valence-electron chi connectivity index (χ2n) is 5.90. The zero-order valence-corrected chi connectivity index (χ0v) is 15.4. The van der Waals surface area contributed by atoms with Crippen LogP contribution in [-0.4, -0.2) is 23.5 Å². The van der Waals surface area contributed by atoms with Crippen LogP contribution in [0.3, 0.4) is 0 Å². The fourth-order valence-corrected chi connectivity index (χ4v) is 3.81. The molecule has 0 aliphatic rings. The molecule has 0 aliphatic carbocycles. The maximum Gasteiger partial charge on any atom is 0.338 e. The van der Waals surface area contributed by atoms with Crippen LogP contribution >= 0.6 is 11.3 Å². The van der Waals surface area contributed by atoms with Crippen LogP contribution in [0.15, 0.2) is 60.7 Å². The van der Waals surface area contributed by atoms with Crippen molar-refractivity contribution in [1.82, 2.24) is 4.98 Å². The van der Waals surface area contributed by atoms with Gasteiger partial charge in [-0.05, 0) is 42.0 Å².